The van der Waals surface area contributed by atoms with Gasteiger partial charge in [-0.1, -0.05) is 147 Å². The molecule has 12 N–H and O–H groups in total. The molecule has 0 aliphatic carbocycles. The highest BCUT2D eigenvalue weighted by molar-refractivity contribution is 5.86. The van der Waals surface area contributed by atoms with Gasteiger partial charge in [0, 0.05) is 24.2 Å². The number of hydrogen-bond acceptors (Lipinski definition) is 12. The van der Waals surface area contributed by atoms with Crippen LogP contribution in [0.25, 0.3) is 0 Å². The Morgan fingerprint density at radius 3 is 0.840 bits per heavy atom. The molecule has 0 saturated carbocycles. The molecule has 20 heteroatoms. The molecule has 0 fully saturated rings. The van der Waals surface area contributed by atoms with Crippen LogP contribution < -0.4 is 59.2 Å². The standard InChI is InChI=1S/C80H94N4O8.4ClH.4H2O/c1-85-71-43-61-35-39-81-69(65(61)47-75(71)89-51-55-21-9-5-10-22-55)33-19-31-59(79-67-49-77(91-53-57-25-13-7-14-26-57)73(87-3)45-63(67)37-41-83-79)29-17-18-30-60(80-68-50-78(92-54-58-27-15-8-16-28-58)74(88-4)46-64(68)38-42-84-80)32-20-34-70-66-48-76(90-52-56-23-11-6-12-24-56)72(86-2)44-62(66)36-40-82-70;;;;;;;;/h5-16,21-28,43-50,59-60,69-70,79-84H,17-20,29-42,51-54H2,1-4H3;4*1H;4*1H2. The second-order valence-electron chi connectivity index (χ2n) is 25.4. The van der Waals surface area contributed by atoms with Crippen molar-refractivity contribution in [1.82, 2.24) is 21.3 Å². The number of halogens is 4. The lowest BCUT2D eigenvalue weighted by Gasteiger charge is -2.36. The lowest BCUT2D eigenvalue weighted by Crippen LogP contribution is -2.36. The first-order valence-electron chi connectivity index (χ1n) is 33.9. The van der Waals surface area contributed by atoms with Crippen LogP contribution in [-0.4, -0.2) is 76.5 Å². The van der Waals surface area contributed by atoms with Crippen LogP contribution in [0.15, 0.2) is 170 Å². The molecule has 0 aromatic heterocycles. The summed E-state index contributed by atoms with van der Waals surface area (Å²) < 4.78 is 50.3. The largest absolute Gasteiger partial charge is 0.493 e. The van der Waals surface area contributed by atoms with Gasteiger partial charge in [-0.3, -0.25) is 0 Å². The quantitative estimate of drug-likeness (QED) is 0.0296. The van der Waals surface area contributed by atoms with Crippen molar-refractivity contribution >= 4 is 49.6 Å². The summed E-state index contributed by atoms with van der Waals surface area (Å²) >= 11 is 0. The molecule has 100 heavy (non-hydrogen) atoms. The first-order chi connectivity index (χ1) is 45.4. The lowest BCUT2D eigenvalue weighted by molar-refractivity contribution is 0.260. The first-order valence-corrected chi connectivity index (χ1v) is 33.9. The maximum Gasteiger partial charge on any atom is 0.162 e. The summed E-state index contributed by atoms with van der Waals surface area (Å²) in [5.74, 6) is 7.12. The normalized spacial score (nSPS) is 16.6. The van der Waals surface area contributed by atoms with Crippen LogP contribution in [0, 0.1) is 11.8 Å². The van der Waals surface area contributed by atoms with E-state index in [9.17, 15) is 0 Å². The van der Waals surface area contributed by atoms with Gasteiger partial charge in [0.25, 0.3) is 0 Å². The Morgan fingerprint density at radius 2 is 0.560 bits per heavy atom. The zero-order valence-corrected chi connectivity index (χ0v) is 61.4. The number of nitrogens with one attached hydrogen (secondary N) is 4. The van der Waals surface area contributed by atoms with E-state index in [0.717, 1.165) is 184 Å². The van der Waals surface area contributed by atoms with Crippen molar-refractivity contribution in [1.29, 1.82) is 0 Å². The third kappa shape index (κ3) is 21.8. The molecule has 6 unspecified atom stereocenters. The third-order valence-electron chi connectivity index (χ3n) is 19.6. The summed E-state index contributed by atoms with van der Waals surface area (Å²) in [7, 11) is 7.02. The van der Waals surface area contributed by atoms with Gasteiger partial charge in [0.1, 0.15) is 26.4 Å². The number of benzene rings is 8. The third-order valence-corrected chi connectivity index (χ3v) is 19.6. The maximum absolute atomic E-state index is 6.64. The van der Waals surface area contributed by atoms with Crippen molar-refractivity contribution in [3.8, 4) is 46.0 Å². The van der Waals surface area contributed by atoms with Crippen LogP contribution >= 0.6 is 49.6 Å². The van der Waals surface area contributed by atoms with Gasteiger partial charge in [0.2, 0.25) is 0 Å². The summed E-state index contributed by atoms with van der Waals surface area (Å²) in [6.45, 7) is 5.61. The molecule has 0 radical (unpaired) electrons. The molecule has 546 valence electrons. The Kier molecular flexibility index (Phi) is 36.8. The average Bonchev–Trinajstić information content (AvgIpc) is 0.800. The summed E-state index contributed by atoms with van der Waals surface area (Å²) in [6, 6.07) is 60.4. The van der Waals surface area contributed by atoms with E-state index in [0.29, 0.717) is 38.3 Å². The fraction of sp³-hybridized carbons (Fsp3) is 0.400. The Labute approximate surface area is 616 Å². The van der Waals surface area contributed by atoms with Gasteiger partial charge in [0.05, 0.1) is 28.4 Å². The second-order valence-corrected chi connectivity index (χ2v) is 25.4. The number of unbranched alkanes of at least 4 members (excludes halogenated alkanes) is 1. The number of methoxy groups -OCH3 is 4. The zero-order valence-electron chi connectivity index (χ0n) is 58.1. The van der Waals surface area contributed by atoms with Gasteiger partial charge in [-0.2, -0.15) is 0 Å². The predicted octanol–water partition coefficient (Wildman–Crippen LogP) is 14.4. The van der Waals surface area contributed by atoms with Gasteiger partial charge in [0.15, 0.2) is 46.0 Å². The molecule has 8 aromatic rings. The topological polar surface area (TPSA) is 248 Å². The summed E-state index contributed by atoms with van der Waals surface area (Å²) in [4.78, 5) is 0. The zero-order chi connectivity index (χ0) is 62.9. The Hall–Kier alpha value is -7.00. The minimum Gasteiger partial charge on any atom is -0.493 e. The molecule has 4 aliphatic heterocycles. The highest BCUT2D eigenvalue weighted by Gasteiger charge is 2.34. The SMILES string of the molecule is COc1cc2c(cc1OCc1ccccc1)C(CCCC(CCCCC(CCCC1NCCc3cc(OC)c(OCc4ccccc4)cc31)C1NCCc3cc(OC)c(OCc4ccccc4)cc31)C1NCCc3cc(OC)c(OCc4ccccc4)cc31)NCC2.Cl.Cl.Cl.Cl.O.O.O.O. The molecule has 6 atom stereocenters. The molecular formula is C80H106Cl4N4O12. The van der Waals surface area contributed by atoms with Crippen LogP contribution in [0.4, 0.5) is 0 Å². The van der Waals surface area contributed by atoms with Crippen molar-refractivity contribution < 1.29 is 59.8 Å². The van der Waals surface area contributed by atoms with Gasteiger partial charge in [-0.05, 0) is 218 Å². The molecule has 0 saturated heterocycles. The highest BCUT2D eigenvalue weighted by atomic mass is 35.5. The van der Waals surface area contributed by atoms with E-state index in [-0.39, 0.29) is 95.7 Å². The van der Waals surface area contributed by atoms with Crippen molar-refractivity contribution in [3.63, 3.8) is 0 Å². The smallest absolute Gasteiger partial charge is 0.162 e. The fourth-order valence-electron chi connectivity index (χ4n) is 14.8. The van der Waals surface area contributed by atoms with Crippen molar-refractivity contribution in [2.75, 3.05) is 54.6 Å². The summed E-state index contributed by atoms with van der Waals surface area (Å²) in [6.07, 6.45) is 14.6. The number of hydrogen-bond donors (Lipinski definition) is 4. The molecule has 0 amide bonds. The van der Waals surface area contributed by atoms with E-state index in [2.05, 4.69) is 167 Å². The van der Waals surface area contributed by atoms with Gasteiger partial charge in [-0.25, -0.2) is 0 Å². The molecule has 12 rings (SSSR count). The summed E-state index contributed by atoms with van der Waals surface area (Å²) in [5.41, 5.74) is 15.2. The molecule has 16 nitrogen and oxygen atoms in total. The van der Waals surface area contributed by atoms with E-state index in [1.54, 1.807) is 28.4 Å². The number of rotatable bonds is 31. The molecular weight excluding hydrogens is 1350 g/mol. The van der Waals surface area contributed by atoms with Crippen molar-refractivity contribution in [2.24, 2.45) is 11.8 Å². The highest BCUT2D eigenvalue weighted by Crippen LogP contribution is 2.46. The van der Waals surface area contributed by atoms with Gasteiger partial charge >= 0.3 is 0 Å². The molecule has 4 aliphatic rings. The molecule has 8 aromatic carbocycles. The average molecular weight is 1460 g/mol. The van der Waals surface area contributed by atoms with E-state index in [1.807, 2.05) is 24.3 Å². The van der Waals surface area contributed by atoms with E-state index in [4.69, 9.17) is 37.9 Å². The minimum atomic E-state index is 0. The predicted molar refractivity (Wildman–Crippen MR) is 409 cm³/mol. The fourth-order valence-corrected chi connectivity index (χ4v) is 14.8. The Morgan fingerprint density at radius 1 is 0.310 bits per heavy atom. The van der Waals surface area contributed by atoms with Crippen LogP contribution in [0.3, 0.4) is 0 Å². The Balaban J connectivity index is 0.00000265. The van der Waals surface area contributed by atoms with E-state index >= 15 is 0 Å². The molecule has 0 bridgehead atoms. The van der Waals surface area contributed by atoms with Crippen LogP contribution in [0.1, 0.15) is 155 Å². The molecule has 0 spiro atoms. The molecule has 4 heterocycles. The van der Waals surface area contributed by atoms with Crippen LogP contribution in [-0.2, 0) is 52.1 Å². The van der Waals surface area contributed by atoms with Gasteiger partial charge in [-0.15, -0.1) is 49.6 Å². The minimum absolute atomic E-state index is 0. The van der Waals surface area contributed by atoms with E-state index < -0.39 is 0 Å². The maximum atomic E-state index is 6.64. The monoisotopic (exact) mass is 1450 g/mol. The van der Waals surface area contributed by atoms with Crippen molar-refractivity contribution in [2.45, 2.75) is 140 Å². The Bertz CT molecular complexity index is 3430. The van der Waals surface area contributed by atoms with Gasteiger partial charge < -0.3 is 81.1 Å². The van der Waals surface area contributed by atoms with Crippen LogP contribution in [0.5, 0.6) is 46.0 Å². The number of fused-ring (bicyclic) bond motifs is 4. The number of ether oxygens (including phenoxy) is 8. The van der Waals surface area contributed by atoms with Crippen LogP contribution in [0.2, 0.25) is 0 Å². The second kappa shape index (κ2) is 43.1. The first kappa shape index (κ1) is 85.4. The van der Waals surface area contributed by atoms with E-state index in [1.165, 1.54) is 44.5 Å². The lowest BCUT2D eigenvalue weighted by atomic mass is 9.78. The van der Waals surface area contributed by atoms with Crippen molar-refractivity contribution in [3.05, 3.63) is 237 Å². The summed E-state index contributed by atoms with van der Waals surface area (Å²) in [5, 5.41) is 16.1.